The normalized spacial score (nSPS) is 23.3. The average molecular weight is 538 g/mol. The van der Waals surface area contributed by atoms with E-state index in [1.807, 2.05) is 48.2 Å². The van der Waals surface area contributed by atoms with Crippen LogP contribution in [0.5, 0.6) is 5.75 Å². The zero-order chi connectivity index (χ0) is 26.9. The number of nitrogens with zero attached hydrogens (tertiary/aromatic N) is 1. The first kappa shape index (κ1) is 26.8. The lowest BCUT2D eigenvalue weighted by Crippen LogP contribution is -2.56. The Hall–Kier alpha value is -2.83. The van der Waals surface area contributed by atoms with Crippen molar-refractivity contribution < 1.29 is 19.1 Å². The zero-order valence-corrected chi connectivity index (χ0v) is 22.9. The summed E-state index contributed by atoms with van der Waals surface area (Å²) in [7, 11) is 0. The van der Waals surface area contributed by atoms with Gasteiger partial charge in [0.05, 0.1) is 17.0 Å². The second-order valence-electron chi connectivity index (χ2n) is 10.9. The number of rotatable bonds is 7. The number of aryl methyl sites for hydroxylation is 2. The predicted molar refractivity (Wildman–Crippen MR) is 149 cm³/mol. The number of fused-ring (bicyclic) bond motifs is 2. The molecule has 3 aromatic rings. The summed E-state index contributed by atoms with van der Waals surface area (Å²) in [5.41, 5.74) is 2.09. The molecule has 1 aliphatic heterocycles. The van der Waals surface area contributed by atoms with Gasteiger partial charge in [-0.05, 0) is 80.0 Å². The monoisotopic (exact) mass is 537 g/mol. The minimum absolute atomic E-state index is 0.0372. The Labute approximate surface area is 228 Å². The first-order valence-corrected chi connectivity index (χ1v) is 14.1. The van der Waals surface area contributed by atoms with Crippen molar-refractivity contribution in [3.05, 3.63) is 74.6 Å². The average Bonchev–Trinajstić information content (AvgIpc) is 2.89. The number of likely N-dealkylation sites (tertiary alicyclic amines) is 1. The Balaban J connectivity index is 1.44. The number of carbonyl (C=O) groups excluding carboxylic acids is 1. The van der Waals surface area contributed by atoms with Crippen LogP contribution in [0.15, 0.2) is 51.7 Å². The van der Waals surface area contributed by atoms with E-state index in [0.29, 0.717) is 29.3 Å². The number of unbranched alkanes of at least 4 members (excludes halogenated alkanes) is 1. The van der Waals surface area contributed by atoms with Crippen LogP contribution in [0.3, 0.4) is 0 Å². The van der Waals surface area contributed by atoms with Crippen LogP contribution in [-0.2, 0) is 11.2 Å². The fraction of sp³-hybridized carbons (Fsp3) is 0.484. The first-order chi connectivity index (χ1) is 18.3. The van der Waals surface area contributed by atoms with Gasteiger partial charge in [-0.15, -0.1) is 0 Å². The summed E-state index contributed by atoms with van der Waals surface area (Å²) in [5, 5.41) is 12.9. The molecule has 1 aromatic heterocycles. The third-order valence-corrected chi connectivity index (χ3v) is 8.54. The van der Waals surface area contributed by atoms with E-state index in [9.17, 15) is 14.7 Å². The Morgan fingerprint density at radius 1 is 1.18 bits per heavy atom. The summed E-state index contributed by atoms with van der Waals surface area (Å²) in [6.07, 6.45) is 6.91. The predicted octanol–water partition coefficient (Wildman–Crippen LogP) is 6.37. The van der Waals surface area contributed by atoms with E-state index in [1.54, 1.807) is 0 Å². The van der Waals surface area contributed by atoms with Gasteiger partial charge in [0.2, 0.25) is 0 Å². The zero-order valence-electron chi connectivity index (χ0n) is 22.2. The van der Waals surface area contributed by atoms with Crippen molar-refractivity contribution in [3.63, 3.8) is 0 Å². The van der Waals surface area contributed by atoms with Crippen LogP contribution in [-0.4, -0.2) is 34.7 Å². The van der Waals surface area contributed by atoms with Gasteiger partial charge in [0.1, 0.15) is 11.3 Å². The molecule has 1 saturated carbocycles. The maximum atomic E-state index is 13.8. The standard InChI is InChI=1S/C31H36ClNO5/c1-3-4-7-22-18-28(35)38-26-17-20(2)16-25(29(22)26)37-19-27(34)33-15-14-31(36)13-6-5-8-24(31)30(33)21-9-11-23(32)12-10-21/h9-12,16-18,24,30,36H,3-8,13-15,19H2,1-2H3/t24-,30+,31+/m1/s1. The SMILES string of the molecule is CCCCc1cc(=O)oc2cc(C)cc(OCC(=O)N3CC[C@@]4(O)CCCC[C@@H]4[C@@H]3c3ccc(Cl)cc3)c12. The van der Waals surface area contributed by atoms with Crippen molar-refractivity contribution in [1.29, 1.82) is 0 Å². The molecule has 6 nitrogen and oxygen atoms in total. The van der Waals surface area contributed by atoms with Gasteiger partial charge in [0.25, 0.3) is 5.91 Å². The number of carbonyl (C=O) groups is 1. The van der Waals surface area contributed by atoms with Crippen molar-refractivity contribution in [3.8, 4) is 5.75 Å². The molecule has 0 bridgehead atoms. The maximum Gasteiger partial charge on any atom is 0.336 e. The molecule has 202 valence electrons. The van der Waals surface area contributed by atoms with Crippen molar-refractivity contribution >= 4 is 28.5 Å². The lowest BCUT2D eigenvalue weighted by Gasteiger charge is -2.52. The lowest BCUT2D eigenvalue weighted by molar-refractivity contribution is -0.157. The van der Waals surface area contributed by atoms with Crippen LogP contribution >= 0.6 is 11.6 Å². The van der Waals surface area contributed by atoms with Crippen molar-refractivity contribution in [2.45, 2.75) is 76.9 Å². The molecule has 7 heteroatoms. The number of hydrogen-bond acceptors (Lipinski definition) is 5. The molecule has 5 rings (SSSR count). The first-order valence-electron chi connectivity index (χ1n) is 13.8. The molecule has 0 unspecified atom stereocenters. The van der Waals surface area contributed by atoms with Gasteiger partial charge in [0, 0.05) is 23.6 Å². The molecule has 2 aromatic carbocycles. The molecular formula is C31H36ClNO5. The van der Waals surface area contributed by atoms with Crippen LogP contribution in [0.1, 0.15) is 74.6 Å². The molecule has 2 aliphatic rings. The number of halogens is 1. The van der Waals surface area contributed by atoms with Gasteiger partial charge in [-0.25, -0.2) is 4.79 Å². The molecule has 3 atom stereocenters. The van der Waals surface area contributed by atoms with E-state index in [4.69, 9.17) is 20.8 Å². The summed E-state index contributed by atoms with van der Waals surface area (Å²) < 4.78 is 11.7. The molecule has 2 fully saturated rings. The molecule has 2 heterocycles. The van der Waals surface area contributed by atoms with Gasteiger partial charge in [0.15, 0.2) is 6.61 Å². The minimum Gasteiger partial charge on any atom is -0.483 e. The third-order valence-electron chi connectivity index (χ3n) is 8.28. The van der Waals surface area contributed by atoms with Crippen molar-refractivity contribution in [1.82, 2.24) is 4.90 Å². The van der Waals surface area contributed by atoms with Gasteiger partial charge in [-0.3, -0.25) is 4.79 Å². The minimum atomic E-state index is -0.765. The summed E-state index contributed by atoms with van der Waals surface area (Å²) in [4.78, 5) is 27.8. The fourth-order valence-corrected chi connectivity index (χ4v) is 6.53. The van der Waals surface area contributed by atoms with Crippen LogP contribution in [0.4, 0.5) is 0 Å². The highest BCUT2D eigenvalue weighted by atomic mass is 35.5. The molecule has 1 amide bonds. The summed E-state index contributed by atoms with van der Waals surface area (Å²) >= 11 is 6.17. The number of aliphatic hydroxyl groups is 1. The summed E-state index contributed by atoms with van der Waals surface area (Å²) in [6.45, 7) is 4.35. The van der Waals surface area contributed by atoms with Gasteiger partial charge in [-0.1, -0.05) is 49.9 Å². The van der Waals surface area contributed by atoms with Gasteiger partial charge >= 0.3 is 5.63 Å². The second-order valence-corrected chi connectivity index (χ2v) is 11.3. The number of piperidine rings is 1. The van der Waals surface area contributed by atoms with E-state index < -0.39 is 5.60 Å². The molecule has 0 radical (unpaired) electrons. The van der Waals surface area contributed by atoms with Gasteiger partial charge < -0.3 is 19.2 Å². The number of ether oxygens (including phenoxy) is 1. The van der Waals surface area contributed by atoms with E-state index in [-0.39, 0.29) is 30.1 Å². The highest BCUT2D eigenvalue weighted by molar-refractivity contribution is 6.30. The van der Waals surface area contributed by atoms with Crippen LogP contribution in [0.25, 0.3) is 11.0 Å². The van der Waals surface area contributed by atoms with Crippen molar-refractivity contribution in [2.75, 3.05) is 13.2 Å². The van der Waals surface area contributed by atoms with Crippen LogP contribution < -0.4 is 10.4 Å². The maximum absolute atomic E-state index is 13.8. The fourth-order valence-electron chi connectivity index (χ4n) is 6.40. The molecule has 1 N–H and O–H groups in total. The number of benzene rings is 2. The third kappa shape index (κ3) is 5.34. The quantitative estimate of drug-likeness (QED) is 0.354. The smallest absolute Gasteiger partial charge is 0.336 e. The largest absolute Gasteiger partial charge is 0.483 e. The van der Waals surface area contributed by atoms with E-state index in [1.165, 1.54) is 6.07 Å². The Bertz CT molecular complexity index is 1370. The van der Waals surface area contributed by atoms with Gasteiger partial charge in [-0.2, -0.15) is 0 Å². The molecule has 1 aliphatic carbocycles. The summed E-state index contributed by atoms with van der Waals surface area (Å²) in [5.74, 6) is 0.391. The molecule has 1 saturated heterocycles. The van der Waals surface area contributed by atoms with E-state index >= 15 is 0 Å². The molecule has 38 heavy (non-hydrogen) atoms. The Morgan fingerprint density at radius 3 is 2.74 bits per heavy atom. The molecule has 0 spiro atoms. The summed E-state index contributed by atoms with van der Waals surface area (Å²) in [6, 6.07) is 12.6. The van der Waals surface area contributed by atoms with Crippen LogP contribution in [0, 0.1) is 12.8 Å². The number of hydrogen-bond donors (Lipinski definition) is 1. The highest BCUT2D eigenvalue weighted by Gasteiger charge is 2.50. The van der Waals surface area contributed by atoms with E-state index in [2.05, 4.69) is 6.92 Å². The molecular weight excluding hydrogens is 502 g/mol. The Morgan fingerprint density at radius 2 is 1.97 bits per heavy atom. The van der Waals surface area contributed by atoms with Crippen LogP contribution in [0.2, 0.25) is 5.02 Å². The number of amides is 1. The van der Waals surface area contributed by atoms with Crippen molar-refractivity contribution in [2.24, 2.45) is 5.92 Å². The second kappa shape index (κ2) is 11.1. The highest BCUT2D eigenvalue weighted by Crippen LogP contribution is 2.49. The Kier molecular flexibility index (Phi) is 7.83. The lowest BCUT2D eigenvalue weighted by atomic mass is 9.66. The van der Waals surface area contributed by atoms with E-state index in [0.717, 1.165) is 67.0 Å². The topological polar surface area (TPSA) is 80.0 Å².